The Hall–Kier alpha value is -8.50. The third-order valence-corrected chi connectivity index (χ3v) is 11.2. The second-order valence-electron chi connectivity index (χ2n) is 15.6. The Bertz CT molecular complexity index is 3410. The normalized spacial score (nSPS) is 12.0. The maximum atomic E-state index is 16.8. The van der Waals surface area contributed by atoms with E-state index >= 15 is 17.6 Å². The predicted octanol–water partition coefficient (Wildman–Crippen LogP) is 10.6. The molecule has 0 saturated carbocycles. The molecular weight excluding hydrogens is 853 g/mol. The van der Waals surface area contributed by atoms with Gasteiger partial charge in [0, 0.05) is 57.5 Å². The van der Waals surface area contributed by atoms with Gasteiger partial charge in [-0.05, 0) is 108 Å². The van der Waals surface area contributed by atoms with Gasteiger partial charge in [-0.1, -0.05) is 41.6 Å². The number of aromatic hydroxyl groups is 3. The number of halogens is 4. The Morgan fingerprint density at radius 2 is 0.955 bits per heavy atom. The van der Waals surface area contributed by atoms with Gasteiger partial charge in [-0.3, -0.25) is 4.68 Å². The van der Waals surface area contributed by atoms with Crippen LogP contribution in [0.3, 0.4) is 0 Å². The average molecular weight is 889 g/mol. The molecule has 8 bridgehead atoms. The molecule has 4 aromatic heterocycles. The van der Waals surface area contributed by atoms with Gasteiger partial charge in [0.25, 0.3) is 0 Å². The molecule has 4 aromatic carbocycles. The number of hydrogen-bond acceptors (Lipinski definition) is 9. The van der Waals surface area contributed by atoms with Crippen molar-refractivity contribution >= 4 is 52.1 Å². The Morgan fingerprint density at radius 1 is 0.530 bits per heavy atom. The Kier molecular flexibility index (Phi) is 10.6. The van der Waals surface area contributed by atoms with Gasteiger partial charge in [0.05, 0.1) is 41.1 Å². The van der Waals surface area contributed by atoms with Gasteiger partial charge in [-0.2, -0.15) is 0 Å². The summed E-state index contributed by atoms with van der Waals surface area (Å²) in [6, 6.07) is 26.3. The number of nitrogens with zero attached hydrogens (tertiary/aromatic N) is 5. The summed E-state index contributed by atoms with van der Waals surface area (Å²) in [5, 5.41) is 51.4. The summed E-state index contributed by atoms with van der Waals surface area (Å²) < 4.78 is 67.6. The summed E-state index contributed by atoms with van der Waals surface area (Å²) in [5.41, 5.74) is 3.59. The Morgan fingerprint density at radius 3 is 1.38 bits per heavy atom. The van der Waals surface area contributed by atoms with Gasteiger partial charge in [0.15, 0.2) is 23.3 Å². The van der Waals surface area contributed by atoms with Gasteiger partial charge < -0.3 is 35.7 Å². The first-order valence-electron chi connectivity index (χ1n) is 20.7. The molecule has 7 N–H and O–H groups in total. The van der Waals surface area contributed by atoms with E-state index < -0.39 is 34.5 Å². The lowest BCUT2D eigenvalue weighted by atomic mass is 10.0. The van der Waals surface area contributed by atoms with E-state index in [0.717, 1.165) is 0 Å². The van der Waals surface area contributed by atoms with Crippen molar-refractivity contribution in [3.05, 3.63) is 155 Å². The number of fused-ring (bicyclic) bond motifs is 8. The minimum absolute atomic E-state index is 0.0241. The highest BCUT2D eigenvalue weighted by atomic mass is 19.2. The first kappa shape index (κ1) is 41.5. The van der Waals surface area contributed by atoms with Gasteiger partial charge in [-0.15, -0.1) is 5.10 Å². The van der Waals surface area contributed by atoms with Crippen molar-refractivity contribution in [1.82, 2.24) is 34.9 Å². The van der Waals surface area contributed by atoms with Crippen molar-refractivity contribution in [3.63, 3.8) is 0 Å². The number of H-pyrrole nitrogens is 2. The topological polar surface area (TPSA) is 181 Å². The van der Waals surface area contributed by atoms with E-state index in [1.165, 1.54) is 47.3 Å². The van der Waals surface area contributed by atoms with Crippen LogP contribution in [-0.2, 0) is 13.1 Å². The summed E-state index contributed by atoms with van der Waals surface area (Å²) >= 11 is 0. The third kappa shape index (κ3) is 7.58. The smallest absolute Gasteiger partial charge is 0.185 e. The number of phenols is 3. The van der Waals surface area contributed by atoms with Crippen molar-refractivity contribution in [2.45, 2.75) is 19.5 Å². The molecule has 328 valence electrons. The molecule has 0 amide bonds. The lowest BCUT2D eigenvalue weighted by Gasteiger charge is -2.14. The Labute approximate surface area is 372 Å². The van der Waals surface area contributed by atoms with Crippen molar-refractivity contribution in [2.75, 3.05) is 11.9 Å². The Balaban J connectivity index is 1.29. The van der Waals surface area contributed by atoms with Crippen LogP contribution >= 0.6 is 0 Å². The molecule has 0 unspecified atom stereocenters. The number of rotatable bonds is 10. The fraction of sp³-hybridized carbons (Fsp3) is 0.0800. The second-order valence-corrected chi connectivity index (χ2v) is 15.6. The summed E-state index contributed by atoms with van der Waals surface area (Å²) in [6.07, 6.45) is 8.51. The average Bonchev–Trinajstić information content (AvgIpc) is 4.18. The SMILES string of the molecule is OCCCn1cc(CNc2c(F)c(F)c(-c3c4nc(c(-c5cccc(O)c5)c5ccc([nH]5)c(-c5cccc(O)c5)c5nc(c(-c6cccc(O)c6)c6ccc3[nH]6)C=C5)C=C4)c(F)c2F)nn1. The molecule has 6 heterocycles. The highest BCUT2D eigenvalue weighted by molar-refractivity contribution is 6.00. The first-order valence-corrected chi connectivity index (χ1v) is 20.7. The number of anilines is 1. The number of benzene rings is 4. The van der Waals surface area contributed by atoms with Crippen LogP contribution in [0.15, 0.2) is 103 Å². The molecule has 0 atom stereocenters. The zero-order chi connectivity index (χ0) is 45.6. The third-order valence-electron chi connectivity index (χ3n) is 11.2. The lowest BCUT2D eigenvalue weighted by Crippen LogP contribution is -2.10. The van der Waals surface area contributed by atoms with Gasteiger partial charge in [0.2, 0.25) is 0 Å². The number of aliphatic hydroxyl groups excluding tert-OH is 1. The fourth-order valence-corrected chi connectivity index (χ4v) is 8.31. The molecule has 0 radical (unpaired) electrons. The zero-order valence-electron chi connectivity index (χ0n) is 34.5. The number of phenolic OH excluding ortho intramolecular Hbond substituents is 3. The van der Waals surface area contributed by atoms with Crippen molar-refractivity contribution < 1.29 is 38.0 Å². The quantitative estimate of drug-likeness (QED) is 0.0519. The molecule has 0 saturated heterocycles. The van der Waals surface area contributed by atoms with Crippen LogP contribution < -0.4 is 5.32 Å². The van der Waals surface area contributed by atoms with Crippen molar-refractivity contribution in [3.8, 4) is 61.8 Å². The summed E-state index contributed by atoms with van der Waals surface area (Å²) in [5.74, 6) is -6.86. The number of aromatic amines is 2. The number of aliphatic hydroxyl groups is 1. The van der Waals surface area contributed by atoms with E-state index in [1.54, 1.807) is 72.8 Å². The number of aromatic nitrogens is 7. The van der Waals surface area contributed by atoms with Gasteiger partial charge >= 0.3 is 0 Å². The van der Waals surface area contributed by atoms with E-state index in [9.17, 15) is 15.3 Å². The minimum atomic E-state index is -1.70. The van der Waals surface area contributed by atoms with Crippen molar-refractivity contribution in [1.29, 1.82) is 0 Å². The zero-order valence-corrected chi connectivity index (χ0v) is 34.5. The molecule has 0 fully saturated rings. The monoisotopic (exact) mass is 888 g/mol. The van der Waals surface area contributed by atoms with E-state index in [2.05, 4.69) is 25.6 Å². The van der Waals surface area contributed by atoms with Gasteiger partial charge in [0.1, 0.15) is 28.6 Å². The van der Waals surface area contributed by atoms with Crippen LogP contribution in [0.25, 0.3) is 90.9 Å². The van der Waals surface area contributed by atoms with E-state index in [-0.39, 0.29) is 58.6 Å². The lowest BCUT2D eigenvalue weighted by molar-refractivity contribution is 0.276. The molecule has 10 rings (SSSR count). The molecule has 2 aliphatic heterocycles. The van der Waals surface area contributed by atoms with Crippen molar-refractivity contribution in [2.24, 2.45) is 0 Å². The highest BCUT2D eigenvalue weighted by Gasteiger charge is 2.30. The van der Waals surface area contributed by atoms with Crippen LogP contribution in [0.5, 0.6) is 17.2 Å². The predicted molar refractivity (Wildman–Crippen MR) is 244 cm³/mol. The van der Waals surface area contributed by atoms with E-state index in [1.807, 2.05) is 12.1 Å². The standard InChI is InChI=1S/C50H36F4N8O4/c51-46-45(47(52)49(54)50(48(46)53)55-24-29-25-62(61-60-29)19-4-20-63)44-39-17-15-37(58-39)42(27-6-2-9-31(65)22-27)35-13-11-33(56-35)41(26-5-1-8-30(64)21-26)34-12-14-36(57-34)43(38-16-18-40(44)59-38)28-7-3-10-32(66)23-28/h1-3,5-18,21-23,25,55-56,59,63-66H,4,19-20,24H2. The molecule has 0 aliphatic carbocycles. The second kappa shape index (κ2) is 16.9. The molecule has 66 heavy (non-hydrogen) atoms. The number of nitrogens with one attached hydrogen (secondary N) is 3. The highest BCUT2D eigenvalue weighted by Crippen LogP contribution is 2.42. The minimum Gasteiger partial charge on any atom is -0.508 e. The molecule has 16 heteroatoms. The molecular formula is C50H36F4N8O4. The summed E-state index contributed by atoms with van der Waals surface area (Å²) in [7, 11) is 0. The number of aryl methyl sites for hydroxylation is 1. The van der Waals surface area contributed by atoms with Crippen LogP contribution in [0.4, 0.5) is 23.2 Å². The largest absolute Gasteiger partial charge is 0.508 e. The van der Waals surface area contributed by atoms with E-state index in [0.29, 0.717) is 74.3 Å². The van der Waals surface area contributed by atoms with Crippen LogP contribution in [0.2, 0.25) is 0 Å². The van der Waals surface area contributed by atoms with Gasteiger partial charge in [-0.25, -0.2) is 27.5 Å². The molecule has 2 aliphatic rings. The summed E-state index contributed by atoms with van der Waals surface area (Å²) in [6.45, 7) is -0.0892. The van der Waals surface area contributed by atoms with Crippen LogP contribution in [0, 0.1) is 23.3 Å². The maximum Gasteiger partial charge on any atom is 0.185 e. The van der Waals surface area contributed by atoms with Crippen LogP contribution in [0.1, 0.15) is 34.9 Å². The van der Waals surface area contributed by atoms with E-state index in [4.69, 9.17) is 15.1 Å². The molecule has 12 nitrogen and oxygen atoms in total. The maximum absolute atomic E-state index is 16.8. The first-order chi connectivity index (χ1) is 32.0. The fourth-order valence-electron chi connectivity index (χ4n) is 8.31. The van der Waals surface area contributed by atoms with Crippen LogP contribution in [-0.4, -0.2) is 62.0 Å². The summed E-state index contributed by atoms with van der Waals surface area (Å²) in [4.78, 5) is 16.7. The molecule has 8 aromatic rings. The number of hydrogen-bond donors (Lipinski definition) is 7. The molecule has 0 spiro atoms.